The number of rotatable bonds is 4. The van der Waals surface area contributed by atoms with Crippen molar-refractivity contribution in [2.24, 2.45) is 0 Å². The van der Waals surface area contributed by atoms with Crippen molar-refractivity contribution in [2.45, 2.75) is 95.6 Å². The molecule has 0 spiro atoms. The molecule has 288 valence electrons. The molecule has 0 N–H and O–H groups in total. The van der Waals surface area contributed by atoms with Crippen LogP contribution >= 0.6 is 7.92 Å². The Morgan fingerprint density at radius 2 is 0.941 bits per heavy atom. The molecule has 0 amide bonds. The molecule has 0 atom stereocenters. The third kappa shape index (κ3) is 16.1. The van der Waals surface area contributed by atoms with Gasteiger partial charge in [0, 0.05) is 13.2 Å². The fourth-order valence-electron chi connectivity index (χ4n) is 4.85. The molecule has 3 aromatic carbocycles. The second-order valence-corrected chi connectivity index (χ2v) is 17.1. The van der Waals surface area contributed by atoms with Gasteiger partial charge in [0.1, 0.15) is 0 Å². The van der Waals surface area contributed by atoms with Gasteiger partial charge in [0.25, 0.3) is 0 Å². The molecule has 1 aliphatic rings. The molecule has 3 aromatic rings. The van der Waals surface area contributed by atoms with Crippen molar-refractivity contribution >= 4 is 19.3 Å². The quantitative estimate of drug-likeness (QED) is 0.111. The van der Waals surface area contributed by atoms with Crippen molar-refractivity contribution in [1.82, 2.24) is 0 Å². The number of hydrogen-bond donors (Lipinski definition) is 0. The first kappa shape index (κ1) is 46.7. The molecule has 1 aliphatic heterocycles. The first-order valence-corrected chi connectivity index (χ1v) is 16.7. The fraction of sp³-hybridized carbons (Fsp3) is 0.486. The van der Waals surface area contributed by atoms with E-state index in [2.05, 4.69) is 65.1 Å². The summed E-state index contributed by atoms with van der Waals surface area (Å²) in [6, 6.07) is 11.5. The molecule has 51 heavy (non-hydrogen) atoms. The van der Waals surface area contributed by atoms with Crippen LogP contribution in [0.1, 0.15) is 82.2 Å². The van der Waals surface area contributed by atoms with E-state index in [-0.39, 0.29) is 64.7 Å². The van der Waals surface area contributed by atoms with E-state index >= 15 is 0 Å². The van der Waals surface area contributed by atoms with Crippen LogP contribution in [-0.2, 0) is 56.0 Å². The molecule has 1 fully saturated rings. The minimum atomic E-state index is -5.27. The van der Waals surface area contributed by atoms with Gasteiger partial charge in [-0.05, 0) is 41.4 Å². The van der Waals surface area contributed by atoms with E-state index in [4.69, 9.17) is 4.74 Å². The standard InChI is InChI=1S/C16H6F12N.C15H24P.C4H8O.Pd/c17-13(18,19)7-1-8(14(20,21)22)4-11(3-7)29-12-5-9(15(23,24)25)2-10(6-12)16(26,27)28;1-14(2,3)16(15(4,5)6)12-13-10-8-7-9-11-13;1-2-4-5-3-1;/h1-6H;7-10H,12H2,1-6H3;1-4H2;/q2*-1;;+2. The van der Waals surface area contributed by atoms with E-state index in [1.165, 1.54) is 24.6 Å². The second-order valence-electron chi connectivity index (χ2n) is 13.3. The number of hydrogen-bond acceptors (Lipinski definition) is 1. The van der Waals surface area contributed by atoms with Crippen molar-refractivity contribution in [1.29, 1.82) is 0 Å². The van der Waals surface area contributed by atoms with Gasteiger partial charge in [-0.1, -0.05) is 73.7 Å². The van der Waals surface area contributed by atoms with Crippen LogP contribution in [0.2, 0.25) is 0 Å². The summed E-state index contributed by atoms with van der Waals surface area (Å²) >= 11 is 0. The van der Waals surface area contributed by atoms with Gasteiger partial charge < -0.3 is 10.1 Å². The maximum Gasteiger partial charge on any atom is 2.00 e. The molecule has 16 heteroatoms. The Hall–Kier alpha value is -2.33. The second kappa shape index (κ2) is 18.1. The number of nitrogens with zero attached hydrogens (tertiary/aromatic N) is 1. The summed E-state index contributed by atoms with van der Waals surface area (Å²) in [5, 5.41) is 3.94. The molecular weight excluding hydrogens is 816 g/mol. The fourth-order valence-corrected chi connectivity index (χ4v) is 8.34. The Bertz CT molecular complexity index is 1340. The van der Waals surface area contributed by atoms with E-state index in [9.17, 15) is 52.7 Å². The van der Waals surface area contributed by atoms with E-state index < -0.39 is 58.3 Å². The van der Waals surface area contributed by atoms with Gasteiger partial charge in [0.2, 0.25) is 0 Å². The van der Waals surface area contributed by atoms with Crippen molar-refractivity contribution in [2.75, 3.05) is 13.2 Å². The normalized spacial score (nSPS) is 14.2. The minimum absolute atomic E-state index is 0. The molecule has 2 nitrogen and oxygen atoms in total. The van der Waals surface area contributed by atoms with Crippen molar-refractivity contribution in [3.05, 3.63) is 99.9 Å². The SMILES string of the molecule is C1CCOC1.CC(C)(C)P(Cc1[c-]cccc1)C(C)(C)C.FC(F)(F)c1cc([N-]c2cc(C(F)(F)F)cc(C(F)(F)F)c2)cc(C(F)(F)F)c1.[Pd+2]. The van der Waals surface area contributed by atoms with Crippen molar-refractivity contribution in [3.63, 3.8) is 0 Å². The molecule has 0 radical (unpaired) electrons. The summed E-state index contributed by atoms with van der Waals surface area (Å²) in [6.45, 7) is 16.2. The molecule has 0 bridgehead atoms. The molecule has 4 rings (SSSR count). The zero-order chi connectivity index (χ0) is 38.3. The van der Waals surface area contributed by atoms with Crippen LogP contribution in [0.25, 0.3) is 5.32 Å². The predicted molar refractivity (Wildman–Crippen MR) is 171 cm³/mol. The average molecular weight is 854 g/mol. The molecule has 0 saturated carbocycles. The van der Waals surface area contributed by atoms with Crippen LogP contribution < -0.4 is 0 Å². The number of halogens is 12. The maximum absolute atomic E-state index is 12.8. The Morgan fingerprint density at radius 1 is 0.588 bits per heavy atom. The molecule has 1 saturated heterocycles. The monoisotopic (exact) mass is 853 g/mol. The summed E-state index contributed by atoms with van der Waals surface area (Å²) in [5.41, 5.74) is -8.19. The molecule has 1 heterocycles. The van der Waals surface area contributed by atoms with Crippen molar-refractivity contribution < 1.29 is 77.8 Å². The van der Waals surface area contributed by atoms with Crippen LogP contribution in [0, 0.1) is 6.07 Å². The molecule has 0 aliphatic carbocycles. The summed E-state index contributed by atoms with van der Waals surface area (Å²) < 4.78 is 159. The Balaban J connectivity index is 0.000000492. The van der Waals surface area contributed by atoms with Gasteiger partial charge in [-0.3, -0.25) is 0 Å². The van der Waals surface area contributed by atoms with Crippen molar-refractivity contribution in [3.8, 4) is 0 Å². The van der Waals surface area contributed by atoms with Crippen LogP contribution in [0.5, 0.6) is 0 Å². The van der Waals surface area contributed by atoms with Gasteiger partial charge in [0.15, 0.2) is 0 Å². The predicted octanol–water partition coefficient (Wildman–Crippen LogP) is 14.0. The third-order valence-corrected chi connectivity index (χ3v) is 10.8. The van der Waals surface area contributed by atoms with Crippen LogP contribution in [0.3, 0.4) is 0 Å². The number of alkyl halides is 12. The topological polar surface area (TPSA) is 23.3 Å². The van der Waals surface area contributed by atoms with Gasteiger partial charge in [-0.2, -0.15) is 88.6 Å². The van der Waals surface area contributed by atoms with E-state index in [0.717, 1.165) is 13.2 Å². The number of benzene rings is 3. The minimum Gasteiger partial charge on any atom is -0.658 e. The smallest absolute Gasteiger partial charge is 0.658 e. The Morgan fingerprint density at radius 3 is 1.18 bits per heavy atom. The van der Waals surface area contributed by atoms with E-state index in [0.29, 0.717) is 10.3 Å². The Kier molecular flexibility index (Phi) is 16.6. The van der Waals surface area contributed by atoms with Crippen LogP contribution in [0.15, 0.2) is 60.7 Å². The largest absolute Gasteiger partial charge is 2.00 e. The van der Waals surface area contributed by atoms with Gasteiger partial charge >= 0.3 is 45.1 Å². The van der Waals surface area contributed by atoms with Gasteiger partial charge in [-0.25, -0.2) is 0 Å². The molecule has 0 unspecified atom stereocenters. The number of ether oxygens (including phenoxy) is 1. The molecular formula is C35H38F12NOPPd. The zero-order valence-corrected chi connectivity index (χ0v) is 30.9. The summed E-state index contributed by atoms with van der Waals surface area (Å²) in [5.74, 6) is 0. The summed E-state index contributed by atoms with van der Waals surface area (Å²) in [6.07, 6.45) is -17.3. The maximum atomic E-state index is 12.8. The third-order valence-electron chi connectivity index (χ3n) is 6.95. The first-order chi connectivity index (χ1) is 22.6. The Labute approximate surface area is 305 Å². The molecule has 0 aromatic heterocycles. The summed E-state index contributed by atoms with van der Waals surface area (Å²) in [7, 11) is -0.0503. The van der Waals surface area contributed by atoms with E-state index in [1.807, 2.05) is 12.1 Å². The van der Waals surface area contributed by atoms with Crippen LogP contribution in [0.4, 0.5) is 64.1 Å². The average Bonchev–Trinajstić information content (AvgIpc) is 3.54. The van der Waals surface area contributed by atoms with Crippen LogP contribution in [-0.4, -0.2) is 23.5 Å². The zero-order valence-electron chi connectivity index (χ0n) is 28.5. The first-order valence-electron chi connectivity index (χ1n) is 15.2. The van der Waals surface area contributed by atoms with Gasteiger partial charge in [0.05, 0.1) is 22.3 Å². The van der Waals surface area contributed by atoms with Gasteiger partial charge in [-0.15, -0.1) is 11.4 Å². The summed E-state index contributed by atoms with van der Waals surface area (Å²) in [4.78, 5) is 0. The van der Waals surface area contributed by atoms with E-state index in [1.54, 1.807) is 0 Å².